The van der Waals surface area contributed by atoms with E-state index >= 15 is 0 Å². The smallest absolute Gasteiger partial charge is 0.248 e. The number of amides is 1. The molecule has 0 saturated carbocycles. The monoisotopic (exact) mass is 427 g/mol. The highest BCUT2D eigenvalue weighted by molar-refractivity contribution is 5.82. The average molecular weight is 428 g/mol. The van der Waals surface area contributed by atoms with Crippen molar-refractivity contribution >= 4 is 22.6 Å². The van der Waals surface area contributed by atoms with Crippen molar-refractivity contribution in [3.8, 4) is 6.07 Å². The van der Waals surface area contributed by atoms with Crippen LogP contribution in [0.15, 0.2) is 54.9 Å². The summed E-state index contributed by atoms with van der Waals surface area (Å²) in [6.45, 7) is 3.39. The molecule has 0 radical (unpaired) electrons. The first-order chi connectivity index (χ1) is 15.6. The number of hydrogen-bond donors (Lipinski definition) is 0. The Balaban J connectivity index is 1.22. The lowest BCUT2D eigenvalue weighted by molar-refractivity contribution is -0.139. The third-order valence-corrected chi connectivity index (χ3v) is 6.55. The minimum Gasteiger partial charge on any atom is -0.364 e. The van der Waals surface area contributed by atoms with Gasteiger partial charge in [0.2, 0.25) is 5.91 Å². The molecule has 0 spiro atoms. The van der Waals surface area contributed by atoms with E-state index in [1.165, 1.54) is 0 Å². The fourth-order valence-electron chi connectivity index (χ4n) is 4.94. The normalized spacial score (nSPS) is 20.9. The molecule has 0 aliphatic carbocycles. The predicted molar refractivity (Wildman–Crippen MR) is 121 cm³/mol. The van der Waals surface area contributed by atoms with Crippen LogP contribution in [-0.2, 0) is 9.53 Å². The number of fused-ring (bicyclic) bond motifs is 3. The van der Waals surface area contributed by atoms with Gasteiger partial charge in [-0.3, -0.25) is 9.78 Å². The molecule has 3 atom stereocenters. The SMILES string of the molecule is CC(OCC(=O)N1CC2CC[C@@H](C1)N2c1ccc(C#N)cn1)c1cccc2ncccc12. The molecule has 32 heavy (non-hydrogen) atoms. The molecule has 7 heteroatoms. The first-order valence-electron chi connectivity index (χ1n) is 11.0. The molecule has 7 nitrogen and oxygen atoms in total. The largest absolute Gasteiger partial charge is 0.364 e. The number of likely N-dealkylation sites (tertiary alicyclic amines) is 1. The zero-order valence-corrected chi connectivity index (χ0v) is 18.0. The zero-order chi connectivity index (χ0) is 22.1. The molecule has 1 amide bonds. The first-order valence-corrected chi connectivity index (χ1v) is 11.0. The molecule has 2 aromatic heterocycles. The predicted octanol–water partition coefficient (Wildman–Crippen LogP) is 3.46. The van der Waals surface area contributed by atoms with Crippen LogP contribution < -0.4 is 4.90 Å². The van der Waals surface area contributed by atoms with Crippen molar-refractivity contribution in [3.05, 3.63) is 66.0 Å². The number of piperazine rings is 1. The van der Waals surface area contributed by atoms with Crippen LogP contribution in [0.4, 0.5) is 5.82 Å². The van der Waals surface area contributed by atoms with Gasteiger partial charge in [-0.15, -0.1) is 0 Å². The summed E-state index contributed by atoms with van der Waals surface area (Å²) < 4.78 is 6.00. The molecule has 2 aliphatic rings. The van der Waals surface area contributed by atoms with Crippen LogP contribution in [0.5, 0.6) is 0 Å². The van der Waals surface area contributed by atoms with Gasteiger partial charge in [-0.25, -0.2) is 4.98 Å². The highest BCUT2D eigenvalue weighted by atomic mass is 16.5. The van der Waals surface area contributed by atoms with Gasteiger partial charge < -0.3 is 14.5 Å². The Hall–Kier alpha value is -3.50. The Kier molecular flexibility index (Phi) is 5.46. The molecule has 2 saturated heterocycles. The first kappa shape index (κ1) is 20.4. The van der Waals surface area contributed by atoms with Crippen molar-refractivity contribution in [2.24, 2.45) is 0 Å². The van der Waals surface area contributed by atoms with Gasteiger partial charge in [-0.2, -0.15) is 5.26 Å². The molecule has 5 rings (SSSR count). The van der Waals surface area contributed by atoms with Gasteiger partial charge >= 0.3 is 0 Å². The van der Waals surface area contributed by atoms with Crippen molar-refractivity contribution < 1.29 is 9.53 Å². The summed E-state index contributed by atoms with van der Waals surface area (Å²) in [6.07, 6.45) is 5.27. The van der Waals surface area contributed by atoms with Crippen molar-refractivity contribution in [2.75, 3.05) is 24.6 Å². The van der Waals surface area contributed by atoms with Crippen LogP contribution in [0.25, 0.3) is 10.9 Å². The molecular weight excluding hydrogens is 402 g/mol. The van der Waals surface area contributed by atoms with Crippen LogP contribution in [0.2, 0.25) is 0 Å². The highest BCUT2D eigenvalue weighted by Gasteiger charge is 2.41. The number of anilines is 1. The number of pyridine rings is 2. The van der Waals surface area contributed by atoms with E-state index in [1.54, 1.807) is 18.5 Å². The number of rotatable bonds is 5. The topological polar surface area (TPSA) is 82.4 Å². The van der Waals surface area contributed by atoms with E-state index in [1.807, 2.05) is 48.2 Å². The number of carbonyl (C=O) groups excluding carboxylic acids is 1. The fraction of sp³-hybridized carbons (Fsp3) is 0.360. The van der Waals surface area contributed by atoms with Gasteiger partial charge in [0.25, 0.3) is 0 Å². The highest BCUT2D eigenvalue weighted by Crippen LogP contribution is 2.34. The van der Waals surface area contributed by atoms with E-state index in [0.29, 0.717) is 18.7 Å². The zero-order valence-electron chi connectivity index (χ0n) is 18.0. The van der Waals surface area contributed by atoms with Crippen LogP contribution >= 0.6 is 0 Å². The second kappa shape index (κ2) is 8.56. The summed E-state index contributed by atoms with van der Waals surface area (Å²) in [5, 5.41) is 10.1. The number of carbonyl (C=O) groups is 1. The number of aromatic nitrogens is 2. The van der Waals surface area contributed by atoms with Gasteiger partial charge in [-0.1, -0.05) is 18.2 Å². The second-order valence-electron chi connectivity index (χ2n) is 8.48. The molecule has 2 unspecified atom stereocenters. The minimum absolute atomic E-state index is 0.0274. The fourth-order valence-corrected chi connectivity index (χ4v) is 4.94. The molecule has 3 aromatic rings. The lowest BCUT2D eigenvalue weighted by atomic mass is 10.0. The summed E-state index contributed by atoms with van der Waals surface area (Å²) in [6, 6.07) is 16.3. The average Bonchev–Trinajstić information content (AvgIpc) is 3.10. The summed E-state index contributed by atoms with van der Waals surface area (Å²) in [5.74, 6) is 0.914. The summed E-state index contributed by atoms with van der Waals surface area (Å²) in [5.41, 5.74) is 2.53. The van der Waals surface area contributed by atoms with E-state index in [9.17, 15) is 4.79 Å². The van der Waals surface area contributed by atoms with Crippen LogP contribution in [0.1, 0.15) is 37.0 Å². The van der Waals surface area contributed by atoms with Crippen molar-refractivity contribution in [1.82, 2.24) is 14.9 Å². The Morgan fingerprint density at radius 3 is 2.69 bits per heavy atom. The maximum absolute atomic E-state index is 13.0. The molecule has 1 aromatic carbocycles. The molecule has 4 heterocycles. The van der Waals surface area contributed by atoms with Crippen LogP contribution in [0, 0.1) is 11.3 Å². The van der Waals surface area contributed by atoms with E-state index < -0.39 is 0 Å². The van der Waals surface area contributed by atoms with Crippen molar-refractivity contribution in [1.29, 1.82) is 5.26 Å². The van der Waals surface area contributed by atoms with Crippen LogP contribution in [-0.4, -0.2) is 52.6 Å². The Morgan fingerprint density at radius 1 is 1.16 bits per heavy atom. The molecule has 2 bridgehead atoms. The maximum atomic E-state index is 13.0. The molecule has 2 fully saturated rings. The Labute approximate surface area is 187 Å². The summed E-state index contributed by atoms with van der Waals surface area (Å²) >= 11 is 0. The lowest BCUT2D eigenvalue weighted by Crippen LogP contribution is -2.56. The molecular formula is C25H25N5O2. The standard InChI is InChI=1S/C25H25N5O2/c1-17(21-4-2-6-23-22(21)5-3-11-27-23)32-16-25(31)29-14-19-8-9-20(15-29)30(19)24-10-7-18(12-26)13-28-24/h2-7,10-11,13,17,19-20H,8-9,14-16H2,1H3/t17?,19-,20?/m0/s1. The molecule has 2 aliphatic heterocycles. The van der Waals surface area contributed by atoms with Crippen molar-refractivity contribution in [2.45, 2.75) is 38.0 Å². The van der Waals surface area contributed by atoms with E-state index in [4.69, 9.17) is 10.00 Å². The summed E-state index contributed by atoms with van der Waals surface area (Å²) in [4.78, 5) is 26.1. The number of hydrogen-bond acceptors (Lipinski definition) is 6. The minimum atomic E-state index is -0.201. The summed E-state index contributed by atoms with van der Waals surface area (Å²) in [7, 11) is 0. The van der Waals surface area contributed by atoms with Crippen LogP contribution in [0.3, 0.4) is 0 Å². The third-order valence-electron chi connectivity index (χ3n) is 6.55. The van der Waals surface area contributed by atoms with E-state index in [0.717, 1.165) is 35.1 Å². The van der Waals surface area contributed by atoms with Gasteiger partial charge in [0.1, 0.15) is 18.5 Å². The van der Waals surface area contributed by atoms with Gasteiger partial charge in [0.15, 0.2) is 0 Å². The number of nitriles is 1. The number of ether oxygens (including phenoxy) is 1. The van der Waals surface area contributed by atoms with Gasteiger partial charge in [0.05, 0.1) is 17.2 Å². The third kappa shape index (κ3) is 3.78. The maximum Gasteiger partial charge on any atom is 0.248 e. The quantitative estimate of drug-likeness (QED) is 0.620. The van der Waals surface area contributed by atoms with E-state index in [-0.39, 0.29) is 30.7 Å². The number of nitrogens with zero attached hydrogens (tertiary/aromatic N) is 5. The molecule has 0 N–H and O–H groups in total. The van der Waals surface area contributed by atoms with Gasteiger partial charge in [0, 0.05) is 43.0 Å². The Morgan fingerprint density at radius 2 is 1.97 bits per heavy atom. The second-order valence-corrected chi connectivity index (χ2v) is 8.48. The lowest BCUT2D eigenvalue weighted by Gasteiger charge is -2.41. The van der Waals surface area contributed by atoms with Crippen molar-refractivity contribution in [3.63, 3.8) is 0 Å². The van der Waals surface area contributed by atoms with E-state index in [2.05, 4.69) is 20.9 Å². The molecule has 162 valence electrons. The number of benzene rings is 1. The van der Waals surface area contributed by atoms with Gasteiger partial charge in [-0.05, 0) is 49.6 Å². The Bertz CT molecular complexity index is 1150.